The fourth-order valence-electron chi connectivity index (χ4n) is 2.47. The molecule has 1 saturated heterocycles. The minimum Gasteiger partial charge on any atom is -0.491 e. The third-order valence-corrected chi connectivity index (χ3v) is 3.62. The Morgan fingerprint density at radius 2 is 2.23 bits per heavy atom. The molecule has 1 atom stereocenters. The number of nitrogens with one attached hydrogen (secondary N) is 2. The number of halogens is 1. The summed E-state index contributed by atoms with van der Waals surface area (Å²) >= 11 is 0. The Hall–Kier alpha value is -1.30. The van der Waals surface area contributed by atoms with Crippen LogP contribution in [0.3, 0.4) is 0 Å². The maximum absolute atomic E-state index is 12.0. The number of benzene rings is 1. The van der Waals surface area contributed by atoms with E-state index in [2.05, 4.69) is 10.6 Å². The Kier molecular flexibility index (Phi) is 8.24. The van der Waals surface area contributed by atoms with Gasteiger partial charge in [-0.1, -0.05) is 0 Å². The number of amides is 1. The molecule has 5 nitrogen and oxygen atoms in total. The summed E-state index contributed by atoms with van der Waals surface area (Å²) in [6.45, 7) is 4.07. The first-order chi connectivity index (χ1) is 10.2. The fourth-order valence-corrected chi connectivity index (χ4v) is 2.47. The van der Waals surface area contributed by atoms with E-state index in [1.165, 1.54) is 0 Å². The highest BCUT2D eigenvalue weighted by Crippen LogP contribution is 2.22. The van der Waals surface area contributed by atoms with Crippen molar-refractivity contribution < 1.29 is 14.3 Å². The Balaban J connectivity index is 0.00000242. The average Bonchev–Trinajstić information content (AvgIpc) is 2.95. The third kappa shape index (κ3) is 5.83. The molecule has 1 aliphatic rings. The fraction of sp³-hybridized carbons (Fsp3) is 0.562. The predicted molar refractivity (Wildman–Crippen MR) is 90.1 cm³/mol. The summed E-state index contributed by atoms with van der Waals surface area (Å²) in [7, 11) is 1.65. The summed E-state index contributed by atoms with van der Waals surface area (Å²) in [6.07, 6.45) is 2.77. The van der Waals surface area contributed by atoms with Crippen LogP contribution in [0.25, 0.3) is 0 Å². The lowest BCUT2D eigenvalue weighted by Crippen LogP contribution is -2.27. The van der Waals surface area contributed by atoms with Crippen molar-refractivity contribution in [3.8, 4) is 5.75 Å². The smallest absolute Gasteiger partial charge is 0.225 e. The first-order valence-corrected chi connectivity index (χ1v) is 7.44. The maximum atomic E-state index is 12.0. The largest absolute Gasteiger partial charge is 0.491 e. The highest BCUT2D eigenvalue weighted by Gasteiger charge is 2.17. The van der Waals surface area contributed by atoms with Gasteiger partial charge in [0.25, 0.3) is 0 Å². The highest BCUT2D eigenvalue weighted by atomic mass is 35.5. The predicted octanol–water partition coefficient (Wildman–Crippen LogP) is 2.52. The van der Waals surface area contributed by atoms with E-state index in [0.29, 0.717) is 25.7 Å². The van der Waals surface area contributed by atoms with E-state index < -0.39 is 0 Å². The number of methoxy groups -OCH3 is 1. The molecule has 0 spiro atoms. The zero-order valence-electron chi connectivity index (χ0n) is 13.2. The Labute approximate surface area is 138 Å². The van der Waals surface area contributed by atoms with Crippen molar-refractivity contribution >= 4 is 24.0 Å². The summed E-state index contributed by atoms with van der Waals surface area (Å²) < 4.78 is 10.5. The SMILES string of the molecule is COCCOc1ccc(NC(=O)CC2CCCN2)c(C)c1.Cl. The summed E-state index contributed by atoms with van der Waals surface area (Å²) in [5.74, 6) is 0.852. The molecule has 0 aromatic heterocycles. The van der Waals surface area contributed by atoms with Gasteiger partial charge in [0.05, 0.1) is 6.61 Å². The third-order valence-electron chi connectivity index (χ3n) is 3.62. The van der Waals surface area contributed by atoms with Gasteiger partial charge >= 0.3 is 0 Å². The van der Waals surface area contributed by atoms with Gasteiger partial charge in [0.15, 0.2) is 0 Å². The zero-order chi connectivity index (χ0) is 15.1. The van der Waals surface area contributed by atoms with Crippen LogP contribution in [-0.4, -0.2) is 38.8 Å². The second-order valence-corrected chi connectivity index (χ2v) is 5.36. The molecule has 0 aliphatic carbocycles. The molecule has 22 heavy (non-hydrogen) atoms. The van der Waals surface area contributed by atoms with Crippen molar-refractivity contribution in [1.82, 2.24) is 5.32 Å². The van der Waals surface area contributed by atoms with Crippen LogP contribution < -0.4 is 15.4 Å². The number of ether oxygens (including phenoxy) is 2. The van der Waals surface area contributed by atoms with Crippen LogP contribution in [-0.2, 0) is 9.53 Å². The topological polar surface area (TPSA) is 59.6 Å². The molecule has 0 radical (unpaired) electrons. The monoisotopic (exact) mass is 328 g/mol. The highest BCUT2D eigenvalue weighted by molar-refractivity contribution is 5.92. The molecule has 1 aromatic rings. The van der Waals surface area contributed by atoms with E-state index in [4.69, 9.17) is 9.47 Å². The Bertz CT molecular complexity index is 476. The molecule has 0 bridgehead atoms. The van der Waals surface area contributed by atoms with Gasteiger partial charge in [-0.15, -0.1) is 12.4 Å². The van der Waals surface area contributed by atoms with Crippen molar-refractivity contribution in [2.24, 2.45) is 0 Å². The molecule has 1 aliphatic heterocycles. The van der Waals surface area contributed by atoms with Crippen LogP contribution in [0.2, 0.25) is 0 Å². The summed E-state index contributed by atoms with van der Waals surface area (Å²) in [5, 5.41) is 6.31. The molecule has 0 saturated carbocycles. The number of aryl methyl sites for hydroxylation is 1. The molecule has 124 valence electrons. The molecular formula is C16H25ClN2O3. The molecule has 1 heterocycles. The van der Waals surface area contributed by atoms with E-state index in [9.17, 15) is 4.79 Å². The Morgan fingerprint density at radius 1 is 1.41 bits per heavy atom. The number of rotatable bonds is 7. The number of carbonyl (C=O) groups is 1. The van der Waals surface area contributed by atoms with Crippen molar-refractivity contribution in [3.05, 3.63) is 23.8 Å². The number of hydrogen-bond acceptors (Lipinski definition) is 4. The first kappa shape index (κ1) is 18.7. The van der Waals surface area contributed by atoms with Gasteiger partial charge in [0.1, 0.15) is 12.4 Å². The second kappa shape index (κ2) is 9.66. The normalized spacial score (nSPS) is 16.9. The molecular weight excluding hydrogens is 304 g/mol. The van der Waals surface area contributed by atoms with E-state index >= 15 is 0 Å². The standard InChI is InChI=1S/C16H24N2O3.ClH/c1-12-10-14(21-9-8-20-2)5-6-15(12)18-16(19)11-13-4-3-7-17-13;/h5-6,10,13,17H,3-4,7-9,11H2,1-2H3,(H,18,19);1H. The van der Waals surface area contributed by atoms with Crippen molar-refractivity contribution in [2.75, 3.05) is 32.2 Å². The van der Waals surface area contributed by atoms with Crippen LogP contribution >= 0.6 is 12.4 Å². The van der Waals surface area contributed by atoms with Crippen LogP contribution in [0.4, 0.5) is 5.69 Å². The van der Waals surface area contributed by atoms with Gasteiger partial charge in [0.2, 0.25) is 5.91 Å². The molecule has 6 heteroatoms. The zero-order valence-corrected chi connectivity index (χ0v) is 14.0. The van der Waals surface area contributed by atoms with Crippen molar-refractivity contribution in [2.45, 2.75) is 32.2 Å². The van der Waals surface area contributed by atoms with Gasteiger partial charge in [-0.05, 0) is 50.1 Å². The van der Waals surface area contributed by atoms with Gasteiger partial charge < -0.3 is 20.1 Å². The lowest BCUT2D eigenvalue weighted by Gasteiger charge is -2.13. The number of hydrogen-bond donors (Lipinski definition) is 2. The molecule has 1 amide bonds. The summed E-state index contributed by atoms with van der Waals surface area (Å²) in [6, 6.07) is 6.00. The minimum atomic E-state index is 0. The average molecular weight is 329 g/mol. The van der Waals surface area contributed by atoms with E-state index in [-0.39, 0.29) is 18.3 Å². The number of anilines is 1. The van der Waals surface area contributed by atoms with Crippen LogP contribution in [0.1, 0.15) is 24.8 Å². The maximum Gasteiger partial charge on any atom is 0.225 e. The van der Waals surface area contributed by atoms with Crippen molar-refractivity contribution in [3.63, 3.8) is 0 Å². The summed E-state index contributed by atoms with van der Waals surface area (Å²) in [5.41, 5.74) is 1.84. The van der Waals surface area contributed by atoms with Gasteiger partial charge in [-0.25, -0.2) is 0 Å². The molecule has 1 unspecified atom stereocenters. The second-order valence-electron chi connectivity index (χ2n) is 5.36. The van der Waals surface area contributed by atoms with Gasteiger partial charge in [-0.3, -0.25) is 4.79 Å². The Morgan fingerprint density at radius 3 is 2.86 bits per heavy atom. The van der Waals surface area contributed by atoms with E-state index in [0.717, 1.165) is 36.4 Å². The van der Waals surface area contributed by atoms with Crippen molar-refractivity contribution in [1.29, 1.82) is 0 Å². The van der Waals surface area contributed by atoms with Crippen LogP contribution in [0.15, 0.2) is 18.2 Å². The van der Waals surface area contributed by atoms with Crippen LogP contribution in [0.5, 0.6) is 5.75 Å². The van der Waals surface area contributed by atoms with Gasteiger partial charge in [-0.2, -0.15) is 0 Å². The minimum absolute atomic E-state index is 0. The van der Waals surface area contributed by atoms with Gasteiger partial charge in [0, 0.05) is 25.3 Å². The molecule has 1 aromatic carbocycles. The lowest BCUT2D eigenvalue weighted by atomic mass is 10.1. The van der Waals surface area contributed by atoms with Crippen LogP contribution in [0, 0.1) is 6.92 Å². The molecule has 2 rings (SSSR count). The molecule has 2 N–H and O–H groups in total. The van der Waals surface area contributed by atoms with E-state index in [1.807, 2.05) is 25.1 Å². The number of carbonyl (C=O) groups excluding carboxylic acids is 1. The van der Waals surface area contributed by atoms with E-state index in [1.54, 1.807) is 7.11 Å². The quantitative estimate of drug-likeness (QED) is 0.755. The lowest BCUT2D eigenvalue weighted by molar-refractivity contribution is -0.116. The molecule has 1 fully saturated rings. The summed E-state index contributed by atoms with van der Waals surface area (Å²) in [4.78, 5) is 12.0. The first-order valence-electron chi connectivity index (χ1n) is 7.44.